The number of carboxylic acids is 1. The number of aryl methyl sites for hydroxylation is 1. The molecule has 0 heterocycles. The second-order valence-corrected chi connectivity index (χ2v) is 6.20. The number of nitrogens with one attached hydrogen (secondary N) is 2. The van der Waals surface area contributed by atoms with Crippen molar-refractivity contribution in [3.05, 3.63) is 58.6 Å². The van der Waals surface area contributed by atoms with E-state index in [-0.39, 0.29) is 31.1 Å². The third-order valence-electron chi connectivity index (χ3n) is 3.63. The Bertz CT molecular complexity index is 836. The Morgan fingerprint density at radius 2 is 1.73 bits per heavy atom. The van der Waals surface area contributed by atoms with E-state index in [0.717, 1.165) is 5.56 Å². The van der Waals surface area contributed by atoms with Crippen molar-refractivity contribution in [2.24, 2.45) is 0 Å². The zero-order valence-corrected chi connectivity index (χ0v) is 15.0. The minimum absolute atomic E-state index is 0.0605. The first-order valence-corrected chi connectivity index (χ1v) is 8.42. The zero-order chi connectivity index (χ0) is 19.1. The smallest absolute Gasteiger partial charge is 0.303 e. The molecule has 7 heteroatoms. The lowest BCUT2D eigenvalue weighted by Crippen LogP contribution is -2.14. The summed E-state index contributed by atoms with van der Waals surface area (Å²) in [6.07, 6.45) is 0.301. The van der Waals surface area contributed by atoms with Crippen LogP contribution in [0.25, 0.3) is 0 Å². The summed E-state index contributed by atoms with van der Waals surface area (Å²) in [5.74, 6) is -1.56. The van der Waals surface area contributed by atoms with Crippen molar-refractivity contribution < 1.29 is 19.5 Å². The van der Waals surface area contributed by atoms with Crippen LogP contribution in [0, 0.1) is 6.92 Å². The first-order chi connectivity index (χ1) is 12.3. The largest absolute Gasteiger partial charge is 0.481 e. The number of anilines is 2. The average Bonchev–Trinajstić information content (AvgIpc) is 2.58. The number of aliphatic carboxylic acids is 1. The topological polar surface area (TPSA) is 95.5 Å². The van der Waals surface area contributed by atoms with E-state index in [2.05, 4.69) is 10.6 Å². The molecule has 2 rings (SSSR count). The van der Waals surface area contributed by atoms with E-state index in [4.69, 9.17) is 16.7 Å². The molecule has 0 bridgehead atoms. The predicted molar refractivity (Wildman–Crippen MR) is 101 cm³/mol. The monoisotopic (exact) mass is 374 g/mol. The molecule has 0 atom stereocenters. The van der Waals surface area contributed by atoms with Gasteiger partial charge >= 0.3 is 5.97 Å². The van der Waals surface area contributed by atoms with E-state index in [1.165, 1.54) is 0 Å². The molecule has 136 valence electrons. The highest BCUT2D eigenvalue weighted by molar-refractivity contribution is 6.31. The zero-order valence-electron chi connectivity index (χ0n) is 14.2. The Kier molecular flexibility index (Phi) is 6.74. The van der Waals surface area contributed by atoms with Crippen LogP contribution in [0.1, 0.15) is 35.2 Å². The molecular weight excluding hydrogens is 356 g/mol. The van der Waals surface area contributed by atoms with Crippen molar-refractivity contribution in [1.82, 2.24) is 0 Å². The second kappa shape index (κ2) is 9.01. The molecule has 0 aromatic heterocycles. The van der Waals surface area contributed by atoms with Crippen LogP contribution >= 0.6 is 11.6 Å². The summed E-state index contributed by atoms with van der Waals surface area (Å²) in [6, 6.07) is 11.7. The lowest BCUT2D eigenvalue weighted by molar-refractivity contribution is -0.137. The van der Waals surface area contributed by atoms with Gasteiger partial charge < -0.3 is 15.7 Å². The van der Waals surface area contributed by atoms with Crippen LogP contribution in [-0.2, 0) is 9.59 Å². The van der Waals surface area contributed by atoms with E-state index in [0.29, 0.717) is 22.0 Å². The Hall–Kier alpha value is -2.86. The summed E-state index contributed by atoms with van der Waals surface area (Å²) in [4.78, 5) is 34.6. The third kappa shape index (κ3) is 5.89. The summed E-state index contributed by atoms with van der Waals surface area (Å²) in [7, 11) is 0. The van der Waals surface area contributed by atoms with Crippen molar-refractivity contribution in [1.29, 1.82) is 0 Å². The highest BCUT2D eigenvalue weighted by Gasteiger charge is 2.10. The molecule has 2 amide bonds. The van der Waals surface area contributed by atoms with Gasteiger partial charge in [0.2, 0.25) is 5.91 Å². The van der Waals surface area contributed by atoms with Gasteiger partial charge in [0, 0.05) is 34.8 Å². The maximum absolute atomic E-state index is 12.4. The fourth-order valence-electron chi connectivity index (χ4n) is 2.24. The minimum Gasteiger partial charge on any atom is -0.481 e. The first-order valence-electron chi connectivity index (χ1n) is 8.04. The van der Waals surface area contributed by atoms with Gasteiger partial charge in [-0.15, -0.1) is 0 Å². The number of hydrogen-bond donors (Lipinski definition) is 3. The predicted octanol–water partition coefficient (Wildman–Crippen LogP) is 4.09. The number of rotatable bonds is 7. The van der Waals surface area contributed by atoms with E-state index >= 15 is 0 Å². The maximum atomic E-state index is 12.4. The van der Waals surface area contributed by atoms with Crippen LogP contribution in [0.4, 0.5) is 11.4 Å². The van der Waals surface area contributed by atoms with Crippen molar-refractivity contribution in [2.45, 2.75) is 26.2 Å². The number of benzene rings is 2. The van der Waals surface area contributed by atoms with E-state index < -0.39 is 5.97 Å². The lowest BCUT2D eigenvalue weighted by Gasteiger charge is -2.09. The summed E-state index contributed by atoms with van der Waals surface area (Å²) in [6.45, 7) is 1.87. The van der Waals surface area contributed by atoms with Gasteiger partial charge in [-0.3, -0.25) is 14.4 Å². The molecule has 26 heavy (non-hydrogen) atoms. The Labute approximate surface area is 156 Å². The molecule has 0 aliphatic carbocycles. The van der Waals surface area contributed by atoms with Gasteiger partial charge in [-0.2, -0.15) is 0 Å². The van der Waals surface area contributed by atoms with Crippen LogP contribution in [0.5, 0.6) is 0 Å². The van der Waals surface area contributed by atoms with Crippen LogP contribution in [-0.4, -0.2) is 22.9 Å². The quantitative estimate of drug-likeness (QED) is 0.680. The highest BCUT2D eigenvalue weighted by Crippen LogP contribution is 2.21. The van der Waals surface area contributed by atoms with Gasteiger partial charge in [0.25, 0.3) is 5.91 Å². The molecule has 0 saturated heterocycles. The molecule has 0 aliphatic heterocycles. The summed E-state index contributed by atoms with van der Waals surface area (Å²) in [5, 5.41) is 14.6. The fourth-order valence-corrected chi connectivity index (χ4v) is 2.42. The Morgan fingerprint density at radius 1 is 1.00 bits per heavy atom. The summed E-state index contributed by atoms with van der Waals surface area (Å²) >= 11 is 6.05. The maximum Gasteiger partial charge on any atom is 0.303 e. The van der Waals surface area contributed by atoms with Crippen molar-refractivity contribution in [3.8, 4) is 0 Å². The van der Waals surface area contributed by atoms with Gasteiger partial charge in [-0.25, -0.2) is 0 Å². The molecule has 2 aromatic rings. The van der Waals surface area contributed by atoms with Gasteiger partial charge in [0.05, 0.1) is 0 Å². The normalized spacial score (nSPS) is 10.2. The molecule has 0 radical (unpaired) electrons. The van der Waals surface area contributed by atoms with Crippen molar-refractivity contribution in [3.63, 3.8) is 0 Å². The van der Waals surface area contributed by atoms with Gasteiger partial charge in [-0.05, 0) is 49.2 Å². The Balaban J connectivity index is 1.98. The summed E-state index contributed by atoms with van der Waals surface area (Å²) in [5.41, 5.74) is 2.34. The lowest BCUT2D eigenvalue weighted by atomic mass is 10.1. The molecule has 6 nitrogen and oxygen atoms in total. The number of carbonyl (C=O) groups is 3. The van der Waals surface area contributed by atoms with Crippen molar-refractivity contribution >= 4 is 40.8 Å². The van der Waals surface area contributed by atoms with E-state index in [1.807, 2.05) is 13.0 Å². The van der Waals surface area contributed by atoms with Gasteiger partial charge in [-0.1, -0.05) is 23.7 Å². The fraction of sp³-hybridized carbons (Fsp3) is 0.211. The molecule has 0 aliphatic rings. The van der Waals surface area contributed by atoms with Gasteiger partial charge in [0.15, 0.2) is 0 Å². The van der Waals surface area contributed by atoms with E-state index in [1.54, 1.807) is 36.4 Å². The molecule has 3 N–H and O–H groups in total. The SMILES string of the molecule is Cc1ccc(NC(=O)c2cccc(NC(=O)CCCC(=O)O)c2)cc1Cl. The van der Waals surface area contributed by atoms with Crippen LogP contribution in [0.2, 0.25) is 5.02 Å². The van der Waals surface area contributed by atoms with Gasteiger partial charge in [0.1, 0.15) is 0 Å². The van der Waals surface area contributed by atoms with E-state index in [9.17, 15) is 14.4 Å². The van der Waals surface area contributed by atoms with Crippen molar-refractivity contribution in [2.75, 3.05) is 10.6 Å². The molecule has 0 fully saturated rings. The molecule has 0 spiro atoms. The summed E-state index contributed by atoms with van der Waals surface area (Å²) < 4.78 is 0. The first kappa shape index (κ1) is 19.5. The number of halogens is 1. The van der Waals surface area contributed by atoms with Crippen LogP contribution in [0.15, 0.2) is 42.5 Å². The number of carbonyl (C=O) groups excluding carboxylic acids is 2. The van der Waals surface area contributed by atoms with Crippen LogP contribution in [0.3, 0.4) is 0 Å². The third-order valence-corrected chi connectivity index (χ3v) is 4.04. The minimum atomic E-state index is -0.937. The average molecular weight is 375 g/mol. The number of amides is 2. The molecular formula is C19H19ClN2O4. The standard InChI is InChI=1S/C19H19ClN2O4/c1-12-8-9-15(11-16(12)20)22-19(26)13-4-2-5-14(10-13)21-17(23)6-3-7-18(24)25/h2,4-5,8-11H,3,6-7H2,1H3,(H,21,23)(H,22,26)(H,24,25). The highest BCUT2D eigenvalue weighted by atomic mass is 35.5. The van der Waals surface area contributed by atoms with Crippen LogP contribution < -0.4 is 10.6 Å². The molecule has 2 aromatic carbocycles. The second-order valence-electron chi connectivity index (χ2n) is 5.79. The molecule has 0 saturated carbocycles. The Morgan fingerprint density at radius 3 is 2.42 bits per heavy atom. The number of hydrogen-bond acceptors (Lipinski definition) is 3. The molecule has 0 unspecified atom stereocenters. The number of carboxylic acid groups (broad SMARTS) is 1.